The molecule has 0 atom stereocenters. The zero-order chi connectivity index (χ0) is 10.2. The van der Waals surface area contributed by atoms with Crippen molar-refractivity contribution in [3.63, 3.8) is 0 Å². The van der Waals surface area contributed by atoms with E-state index in [4.69, 9.17) is 0 Å². The topological polar surface area (TPSA) is 31.1 Å². The summed E-state index contributed by atoms with van der Waals surface area (Å²) in [6.07, 6.45) is 3.99. The van der Waals surface area contributed by atoms with Crippen molar-refractivity contribution < 1.29 is 0 Å². The van der Waals surface area contributed by atoms with Crippen LogP contribution in [-0.4, -0.2) is 36.1 Å². The molecule has 1 aromatic heterocycles. The zero-order valence-corrected chi connectivity index (χ0v) is 9.21. The molecule has 1 rings (SSSR count). The van der Waals surface area contributed by atoms with Gasteiger partial charge < -0.3 is 15.2 Å². The fourth-order valence-corrected chi connectivity index (χ4v) is 1.48. The number of aromatic amines is 1. The van der Waals surface area contributed by atoms with Gasteiger partial charge in [-0.2, -0.15) is 0 Å². The first kappa shape index (κ1) is 11.3. The van der Waals surface area contributed by atoms with Crippen molar-refractivity contribution in [2.45, 2.75) is 20.4 Å². The van der Waals surface area contributed by atoms with Crippen LogP contribution in [0.2, 0.25) is 0 Å². The number of hydrogen-bond acceptors (Lipinski definition) is 2. The van der Waals surface area contributed by atoms with Crippen molar-refractivity contribution in [1.29, 1.82) is 0 Å². The van der Waals surface area contributed by atoms with Crippen molar-refractivity contribution in [2.75, 3.05) is 26.2 Å². The van der Waals surface area contributed by atoms with Crippen molar-refractivity contribution in [2.24, 2.45) is 0 Å². The average molecular weight is 195 g/mol. The van der Waals surface area contributed by atoms with Crippen molar-refractivity contribution in [1.82, 2.24) is 15.2 Å². The molecular formula is C11H21N3. The highest BCUT2D eigenvalue weighted by atomic mass is 15.1. The molecule has 3 heteroatoms. The van der Waals surface area contributed by atoms with Crippen LogP contribution in [-0.2, 0) is 6.54 Å². The minimum atomic E-state index is 0.963. The van der Waals surface area contributed by atoms with Crippen LogP contribution in [0.25, 0.3) is 0 Å². The van der Waals surface area contributed by atoms with Gasteiger partial charge in [0, 0.05) is 32.0 Å². The van der Waals surface area contributed by atoms with E-state index >= 15 is 0 Å². The van der Waals surface area contributed by atoms with Crippen molar-refractivity contribution >= 4 is 0 Å². The highest BCUT2D eigenvalue weighted by Gasteiger charge is 1.97. The molecule has 0 radical (unpaired) electrons. The average Bonchev–Trinajstić information content (AvgIpc) is 2.71. The largest absolute Gasteiger partial charge is 0.367 e. The number of nitrogens with zero attached hydrogens (tertiary/aromatic N) is 1. The van der Waals surface area contributed by atoms with Crippen LogP contribution in [0.5, 0.6) is 0 Å². The van der Waals surface area contributed by atoms with Crippen molar-refractivity contribution in [3.05, 3.63) is 24.0 Å². The summed E-state index contributed by atoms with van der Waals surface area (Å²) in [5, 5.41) is 3.43. The molecule has 0 amide bonds. The predicted molar refractivity (Wildman–Crippen MR) is 60.3 cm³/mol. The molecule has 0 saturated carbocycles. The summed E-state index contributed by atoms with van der Waals surface area (Å²) < 4.78 is 0. The number of hydrogen-bond donors (Lipinski definition) is 2. The van der Waals surface area contributed by atoms with Gasteiger partial charge in [0.2, 0.25) is 0 Å². The third-order valence-corrected chi connectivity index (χ3v) is 2.49. The second-order valence-corrected chi connectivity index (χ2v) is 3.42. The van der Waals surface area contributed by atoms with Crippen LogP contribution in [0.3, 0.4) is 0 Å². The third kappa shape index (κ3) is 3.94. The fourth-order valence-electron chi connectivity index (χ4n) is 1.48. The fraction of sp³-hybridized carbons (Fsp3) is 0.636. The third-order valence-electron chi connectivity index (χ3n) is 2.49. The maximum Gasteiger partial charge on any atom is 0.0220 e. The van der Waals surface area contributed by atoms with E-state index in [1.165, 1.54) is 5.56 Å². The minimum Gasteiger partial charge on any atom is -0.367 e. The molecular weight excluding hydrogens is 174 g/mol. The number of rotatable bonds is 7. The molecule has 3 nitrogen and oxygen atoms in total. The van der Waals surface area contributed by atoms with E-state index in [-0.39, 0.29) is 0 Å². The maximum absolute atomic E-state index is 3.43. The van der Waals surface area contributed by atoms with Gasteiger partial charge in [0.1, 0.15) is 0 Å². The summed E-state index contributed by atoms with van der Waals surface area (Å²) in [4.78, 5) is 5.47. The number of H-pyrrole nitrogens is 1. The smallest absolute Gasteiger partial charge is 0.0220 e. The zero-order valence-electron chi connectivity index (χ0n) is 9.21. The van der Waals surface area contributed by atoms with Crippen LogP contribution >= 0.6 is 0 Å². The Balaban J connectivity index is 2.04. The second kappa shape index (κ2) is 6.62. The van der Waals surface area contributed by atoms with Crippen molar-refractivity contribution in [3.8, 4) is 0 Å². The first-order valence-corrected chi connectivity index (χ1v) is 5.41. The van der Waals surface area contributed by atoms with E-state index in [1.807, 2.05) is 12.4 Å². The summed E-state index contributed by atoms with van der Waals surface area (Å²) in [5.41, 5.74) is 1.32. The Bertz CT molecular complexity index is 214. The van der Waals surface area contributed by atoms with E-state index < -0.39 is 0 Å². The second-order valence-electron chi connectivity index (χ2n) is 3.42. The van der Waals surface area contributed by atoms with E-state index in [0.717, 1.165) is 32.7 Å². The van der Waals surface area contributed by atoms with Gasteiger partial charge in [-0.25, -0.2) is 0 Å². The molecule has 0 aliphatic rings. The molecule has 1 heterocycles. The van der Waals surface area contributed by atoms with E-state index in [0.29, 0.717) is 0 Å². The van der Waals surface area contributed by atoms with Gasteiger partial charge in [-0.1, -0.05) is 13.8 Å². The molecule has 0 saturated heterocycles. The Hall–Kier alpha value is -0.800. The number of nitrogens with one attached hydrogen (secondary N) is 2. The summed E-state index contributed by atoms with van der Waals surface area (Å²) in [7, 11) is 0. The Labute approximate surface area is 86.5 Å². The lowest BCUT2D eigenvalue weighted by Gasteiger charge is -2.17. The van der Waals surface area contributed by atoms with Crippen LogP contribution in [0.15, 0.2) is 18.5 Å². The molecule has 0 spiro atoms. The molecule has 0 fully saturated rings. The van der Waals surface area contributed by atoms with E-state index in [2.05, 4.69) is 35.1 Å². The van der Waals surface area contributed by atoms with E-state index in [9.17, 15) is 0 Å². The Kier molecular flexibility index (Phi) is 5.33. The first-order valence-electron chi connectivity index (χ1n) is 5.41. The number of aromatic nitrogens is 1. The normalized spacial score (nSPS) is 11.1. The van der Waals surface area contributed by atoms with Crippen LogP contribution < -0.4 is 5.32 Å². The van der Waals surface area contributed by atoms with Gasteiger partial charge >= 0.3 is 0 Å². The lowest BCUT2D eigenvalue weighted by molar-refractivity contribution is 0.302. The molecule has 80 valence electrons. The van der Waals surface area contributed by atoms with Crippen LogP contribution in [0.1, 0.15) is 19.4 Å². The van der Waals surface area contributed by atoms with E-state index in [1.54, 1.807) is 0 Å². The maximum atomic E-state index is 3.43. The van der Waals surface area contributed by atoms with Gasteiger partial charge in [0.15, 0.2) is 0 Å². The van der Waals surface area contributed by atoms with Crippen LogP contribution in [0.4, 0.5) is 0 Å². The molecule has 0 unspecified atom stereocenters. The molecule has 0 aromatic carbocycles. The summed E-state index contributed by atoms with van der Waals surface area (Å²) in [6, 6.07) is 2.10. The monoisotopic (exact) mass is 195 g/mol. The molecule has 0 aliphatic heterocycles. The first-order chi connectivity index (χ1) is 6.86. The van der Waals surface area contributed by atoms with Gasteiger partial charge in [0.25, 0.3) is 0 Å². The lowest BCUT2D eigenvalue weighted by Crippen LogP contribution is -2.31. The lowest BCUT2D eigenvalue weighted by atomic mass is 10.3. The molecule has 0 aliphatic carbocycles. The highest BCUT2D eigenvalue weighted by molar-refractivity contribution is 5.07. The van der Waals surface area contributed by atoms with Gasteiger partial charge in [-0.05, 0) is 24.7 Å². The highest BCUT2D eigenvalue weighted by Crippen LogP contribution is 1.94. The van der Waals surface area contributed by atoms with Gasteiger partial charge in [-0.3, -0.25) is 0 Å². The Morgan fingerprint density at radius 2 is 2.14 bits per heavy atom. The Morgan fingerprint density at radius 3 is 2.71 bits per heavy atom. The summed E-state index contributed by atoms with van der Waals surface area (Å²) in [5.74, 6) is 0. The summed E-state index contributed by atoms with van der Waals surface area (Å²) in [6.45, 7) is 9.85. The quantitative estimate of drug-likeness (QED) is 0.645. The standard InChI is InChI=1S/C11H21N3/c1-3-14(4-2)8-7-13-10-11-5-6-12-9-11/h5-6,9,12-13H,3-4,7-8,10H2,1-2H3. The molecule has 1 aromatic rings. The van der Waals surface area contributed by atoms with Gasteiger partial charge in [0.05, 0.1) is 0 Å². The number of likely N-dealkylation sites (N-methyl/N-ethyl adjacent to an activating group) is 1. The molecule has 0 bridgehead atoms. The summed E-state index contributed by atoms with van der Waals surface area (Å²) >= 11 is 0. The minimum absolute atomic E-state index is 0.963. The Morgan fingerprint density at radius 1 is 1.36 bits per heavy atom. The molecule has 14 heavy (non-hydrogen) atoms. The molecule has 2 N–H and O–H groups in total. The van der Waals surface area contributed by atoms with Gasteiger partial charge in [-0.15, -0.1) is 0 Å². The SMILES string of the molecule is CCN(CC)CCNCc1cc[nH]c1. The van der Waals surface area contributed by atoms with Crippen LogP contribution in [0, 0.1) is 0 Å². The predicted octanol–water partition coefficient (Wildman–Crippen LogP) is 1.45.